The highest BCUT2D eigenvalue weighted by molar-refractivity contribution is 9.10. The number of hydrogen-bond donors (Lipinski definition) is 2. The molecule has 0 aliphatic rings. The Bertz CT molecular complexity index is 404. The van der Waals surface area contributed by atoms with Gasteiger partial charge in [-0.2, -0.15) is 0 Å². The Balaban J connectivity index is 2.81. The van der Waals surface area contributed by atoms with Crippen LogP contribution in [0.2, 0.25) is 0 Å². The smallest absolute Gasteiger partial charge is 0.317 e. The fraction of sp³-hybridized carbons (Fsp3) is 0.400. The van der Waals surface area contributed by atoms with Crippen molar-refractivity contribution in [3.8, 4) is 0 Å². The molecule has 1 atom stereocenters. The first kappa shape index (κ1) is 14.1. The summed E-state index contributed by atoms with van der Waals surface area (Å²) in [6.07, 6.45) is 0. The third kappa shape index (κ3) is 4.45. The molecular weight excluding hydrogens is 310 g/mol. The minimum atomic E-state index is -1.03. The van der Waals surface area contributed by atoms with E-state index in [2.05, 4.69) is 15.9 Å². The van der Waals surface area contributed by atoms with E-state index in [1.54, 1.807) is 6.92 Å². The van der Waals surface area contributed by atoms with Gasteiger partial charge in [-0.05, 0) is 28.9 Å². The number of hydrogen-bond acceptors (Lipinski definition) is 4. The van der Waals surface area contributed by atoms with Crippen LogP contribution in [-0.4, -0.2) is 40.1 Å². The molecular formula is C10H12BrNO4S. The summed E-state index contributed by atoms with van der Waals surface area (Å²) >= 11 is 4.78. The van der Waals surface area contributed by atoms with Gasteiger partial charge in [0.05, 0.1) is 13.1 Å². The van der Waals surface area contributed by atoms with Gasteiger partial charge in [0.15, 0.2) is 0 Å². The van der Waals surface area contributed by atoms with Crippen molar-refractivity contribution >= 4 is 39.2 Å². The first-order valence-corrected chi connectivity index (χ1v) is 6.49. The highest BCUT2D eigenvalue weighted by atomic mass is 79.9. The number of thiophene rings is 1. The van der Waals surface area contributed by atoms with Crippen molar-refractivity contribution in [2.45, 2.75) is 13.0 Å². The SMILES string of the molecule is CC(c1cc(Br)cs1)N(CC(=O)O)CC(=O)O. The maximum absolute atomic E-state index is 10.7. The fourth-order valence-electron chi connectivity index (χ4n) is 1.40. The van der Waals surface area contributed by atoms with Gasteiger partial charge in [0, 0.05) is 20.8 Å². The molecule has 0 aliphatic heterocycles. The average Bonchev–Trinajstić information content (AvgIpc) is 2.61. The number of carbonyl (C=O) groups is 2. The summed E-state index contributed by atoms with van der Waals surface area (Å²) in [6, 6.07) is 1.63. The van der Waals surface area contributed by atoms with Gasteiger partial charge in [0.25, 0.3) is 0 Å². The summed E-state index contributed by atoms with van der Waals surface area (Å²) < 4.78 is 0.912. The van der Waals surface area contributed by atoms with Gasteiger partial charge in [0.2, 0.25) is 0 Å². The molecule has 0 bridgehead atoms. The van der Waals surface area contributed by atoms with Crippen molar-refractivity contribution in [1.82, 2.24) is 4.90 Å². The van der Waals surface area contributed by atoms with Crippen LogP contribution in [0.25, 0.3) is 0 Å². The number of carboxylic acids is 2. The maximum Gasteiger partial charge on any atom is 0.317 e. The zero-order chi connectivity index (χ0) is 13.0. The Hall–Kier alpha value is -0.920. The third-order valence-electron chi connectivity index (χ3n) is 2.22. The number of rotatable bonds is 6. The molecule has 2 N–H and O–H groups in total. The molecule has 0 saturated heterocycles. The van der Waals surface area contributed by atoms with Crippen molar-refractivity contribution in [3.05, 3.63) is 20.8 Å². The van der Waals surface area contributed by atoms with Crippen LogP contribution < -0.4 is 0 Å². The molecule has 0 spiro atoms. The molecule has 0 aliphatic carbocycles. The molecule has 94 valence electrons. The van der Waals surface area contributed by atoms with E-state index in [0.29, 0.717) is 0 Å². The number of carboxylic acid groups (broad SMARTS) is 2. The van der Waals surface area contributed by atoms with Gasteiger partial charge in [0.1, 0.15) is 0 Å². The predicted octanol–water partition coefficient (Wildman–Crippen LogP) is 2.04. The van der Waals surface area contributed by atoms with Gasteiger partial charge in [-0.1, -0.05) is 0 Å². The molecule has 1 aromatic heterocycles. The monoisotopic (exact) mass is 321 g/mol. The van der Waals surface area contributed by atoms with E-state index in [-0.39, 0.29) is 19.1 Å². The molecule has 0 saturated carbocycles. The fourth-order valence-corrected chi connectivity index (χ4v) is 2.94. The normalized spacial score (nSPS) is 12.6. The van der Waals surface area contributed by atoms with Crippen molar-refractivity contribution in [3.63, 3.8) is 0 Å². The summed E-state index contributed by atoms with van der Waals surface area (Å²) in [6.45, 7) is 1.22. The van der Waals surface area contributed by atoms with Crippen LogP contribution in [0.5, 0.6) is 0 Å². The maximum atomic E-state index is 10.7. The lowest BCUT2D eigenvalue weighted by Crippen LogP contribution is -2.36. The molecule has 7 heteroatoms. The van der Waals surface area contributed by atoms with Crippen molar-refractivity contribution in [1.29, 1.82) is 0 Å². The van der Waals surface area contributed by atoms with E-state index in [0.717, 1.165) is 9.35 Å². The Kier molecular flexibility index (Phi) is 5.10. The molecule has 1 aromatic rings. The average molecular weight is 322 g/mol. The van der Waals surface area contributed by atoms with Crippen LogP contribution in [0.3, 0.4) is 0 Å². The summed E-state index contributed by atoms with van der Waals surface area (Å²) in [4.78, 5) is 23.7. The first-order chi connectivity index (χ1) is 7.90. The quantitative estimate of drug-likeness (QED) is 0.838. The highest BCUT2D eigenvalue weighted by Gasteiger charge is 2.22. The Morgan fingerprint density at radius 2 is 1.94 bits per heavy atom. The van der Waals surface area contributed by atoms with E-state index in [1.165, 1.54) is 16.2 Å². The van der Waals surface area contributed by atoms with Crippen LogP contribution in [0.1, 0.15) is 17.8 Å². The Labute approximate surface area is 111 Å². The van der Waals surface area contributed by atoms with E-state index in [4.69, 9.17) is 10.2 Å². The van der Waals surface area contributed by atoms with Crippen molar-refractivity contribution < 1.29 is 19.8 Å². The van der Waals surface area contributed by atoms with Crippen LogP contribution in [-0.2, 0) is 9.59 Å². The largest absolute Gasteiger partial charge is 0.480 e. The summed E-state index contributed by atoms with van der Waals surface area (Å²) in [5.74, 6) is -2.07. The lowest BCUT2D eigenvalue weighted by molar-refractivity contribution is -0.142. The van der Waals surface area contributed by atoms with Crippen molar-refractivity contribution in [2.75, 3.05) is 13.1 Å². The van der Waals surface area contributed by atoms with Crippen molar-refractivity contribution in [2.24, 2.45) is 0 Å². The molecule has 0 aromatic carbocycles. The zero-order valence-corrected chi connectivity index (χ0v) is 11.5. The van der Waals surface area contributed by atoms with E-state index in [1.807, 2.05) is 11.4 Å². The van der Waals surface area contributed by atoms with Crippen LogP contribution in [0, 0.1) is 0 Å². The van der Waals surface area contributed by atoms with Crippen LogP contribution in [0.4, 0.5) is 0 Å². The number of aliphatic carboxylic acids is 2. The minimum Gasteiger partial charge on any atom is -0.480 e. The molecule has 1 heterocycles. The Morgan fingerprint density at radius 1 is 1.41 bits per heavy atom. The van der Waals surface area contributed by atoms with E-state index < -0.39 is 11.9 Å². The minimum absolute atomic E-state index is 0.238. The standard InChI is InChI=1S/C10H12BrNO4S/c1-6(8-2-7(11)5-17-8)12(3-9(13)14)4-10(15)16/h2,5-6H,3-4H2,1H3,(H,13,14)(H,15,16). The molecule has 1 unspecified atom stereocenters. The summed E-state index contributed by atoms with van der Waals surface area (Å²) in [7, 11) is 0. The summed E-state index contributed by atoms with van der Waals surface area (Å²) in [5, 5.41) is 19.4. The number of nitrogens with zero attached hydrogens (tertiary/aromatic N) is 1. The lowest BCUT2D eigenvalue weighted by Gasteiger charge is -2.24. The second-order valence-corrected chi connectivity index (χ2v) is 5.39. The molecule has 1 rings (SSSR count). The predicted molar refractivity (Wildman–Crippen MR) is 67.3 cm³/mol. The molecule has 17 heavy (non-hydrogen) atoms. The first-order valence-electron chi connectivity index (χ1n) is 4.81. The third-order valence-corrected chi connectivity index (χ3v) is 4.09. The highest BCUT2D eigenvalue weighted by Crippen LogP contribution is 2.28. The van der Waals surface area contributed by atoms with Gasteiger partial charge >= 0.3 is 11.9 Å². The van der Waals surface area contributed by atoms with E-state index in [9.17, 15) is 9.59 Å². The van der Waals surface area contributed by atoms with Crippen LogP contribution >= 0.6 is 27.3 Å². The second-order valence-electron chi connectivity index (χ2n) is 3.54. The van der Waals surface area contributed by atoms with Gasteiger partial charge in [-0.15, -0.1) is 11.3 Å². The van der Waals surface area contributed by atoms with Gasteiger partial charge in [-0.3, -0.25) is 14.5 Å². The lowest BCUT2D eigenvalue weighted by atomic mass is 10.2. The summed E-state index contributed by atoms with van der Waals surface area (Å²) in [5.41, 5.74) is 0. The zero-order valence-electron chi connectivity index (χ0n) is 9.09. The molecule has 0 amide bonds. The van der Waals surface area contributed by atoms with Crippen LogP contribution in [0.15, 0.2) is 15.9 Å². The number of halogens is 1. The van der Waals surface area contributed by atoms with Gasteiger partial charge in [-0.25, -0.2) is 0 Å². The topological polar surface area (TPSA) is 77.8 Å². The molecule has 5 nitrogen and oxygen atoms in total. The second kappa shape index (κ2) is 6.13. The molecule has 0 radical (unpaired) electrons. The Morgan fingerprint density at radius 3 is 2.29 bits per heavy atom. The van der Waals surface area contributed by atoms with Gasteiger partial charge < -0.3 is 10.2 Å². The molecule has 0 fully saturated rings. The van der Waals surface area contributed by atoms with E-state index >= 15 is 0 Å².